The van der Waals surface area contributed by atoms with Crippen molar-refractivity contribution in [1.82, 2.24) is 25.3 Å². The van der Waals surface area contributed by atoms with Gasteiger partial charge in [0.05, 0.1) is 6.42 Å². The van der Waals surface area contributed by atoms with Crippen LogP contribution in [0.1, 0.15) is 25.7 Å². The molecule has 0 bridgehead atoms. The average Bonchev–Trinajstić information content (AvgIpc) is 2.76. The minimum absolute atomic E-state index is 0.0276. The van der Waals surface area contributed by atoms with Crippen molar-refractivity contribution in [3.05, 3.63) is 0 Å². The predicted molar refractivity (Wildman–Crippen MR) is 88.4 cm³/mol. The van der Waals surface area contributed by atoms with E-state index in [1.807, 2.05) is 4.90 Å². The van der Waals surface area contributed by atoms with Gasteiger partial charge in [-0.1, -0.05) is 0 Å². The molecule has 3 fully saturated rings. The van der Waals surface area contributed by atoms with E-state index in [0.717, 1.165) is 38.9 Å². The quantitative estimate of drug-likeness (QED) is 0.645. The second-order valence-corrected chi connectivity index (χ2v) is 7.34. The number of nitrogens with zero attached hydrogens (tertiary/aromatic N) is 3. The fraction of sp³-hybridized carbons (Fsp3) is 0.812. The summed E-state index contributed by atoms with van der Waals surface area (Å²) >= 11 is 0. The van der Waals surface area contributed by atoms with Crippen LogP contribution >= 0.6 is 0 Å². The van der Waals surface area contributed by atoms with Gasteiger partial charge in [-0.3, -0.25) is 19.8 Å². The van der Waals surface area contributed by atoms with Crippen LogP contribution in [0, 0.1) is 0 Å². The van der Waals surface area contributed by atoms with E-state index in [9.17, 15) is 14.4 Å². The lowest BCUT2D eigenvalue weighted by molar-refractivity contribution is -0.135. The maximum absolute atomic E-state index is 12.7. The van der Waals surface area contributed by atoms with E-state index < -0.39 is 18.0 Å². The van der Waals surface area contributed by atoms with Crippen molar-refractivity contribution in [2.24, 2.45) is 0 Å². The fourth-order valence-corrected chi connectivity index (χ4v) is 3.98. The van der Waals surface area contributed by atoms with Gasteiger partial charge < -0.3 is 15.1 Å². The first-order valence-electron chi connectivity index (χ1n) is 8.68. The van der Waals surface area contributed by atoms with Crippen molar-refractivity contribution in [2.45, 2.75) is 37.3 Å². The molecule has 3 rings (SSSR count). The van der Waals surface area contributed by atoms with Gasteiger partial charge in [0.25, 0.3) is 5.91 Å². The molecule has 1 spiro atoms. The smallest absolute Gasteiger partial charge is 0.322 e. The first kappa shape index (κ1) is 17.2. The Morgan fingerprint density at radius 1 is 1.17 bits per heavy atom. The normalized spacial score (nSPS) is 28.6. The Morgan fingerprint density at radius 2 is 1.88 bits per heavy atom. The van der Waals surface area contributed by atoms with E-state index in [2.05, 4.69) is 34.5 Å². The number of rotatable bonds is 2. The zero-order valence-electron chi connectivity index (χ0n) is 14.5. The van der Waals surface area contributed by atoms with Crippen LogP contribution in [0.2, 0.25) is 0 Å². The van der Waals surface area contributed by atoms with Gasteiger partial charge in [0.15, 0.2) is 0 Å². The van der Waals surface area contributed by atoms with E-state index in [1.54, 1.807) is 0 Å². The van der Waals surface area contributed by atoms with Crippen LogP contribution in [0.25, 0.3) is 0 Å². The van der Waals surface area contributed by atoms with Gasteiger partial charge in [0.2, 0.25) is 5.91 Å². The van der Waals surface area contributed by atoms with E-state index in [0.29, 0.717) is 13.1 Å². The largest absolute Gasteiger partial charge is 0.341 e. The fourth-order valence-electron chi connectivity index (χ4n) is 3.98. The van der Waals surface area contributed by atoms with Gasteiger partial charge in [-0.05, 0) is 46.4 Å². The molecule has 0 saturated carbocycles. The van der Waals surface area contributed by atoms with Gasteiger partial charge in [-0.2, -0.15) is 0 Å². The number of carbonyl (C=O) groups excluding carboxylic acids is 3. The molecule has 134 valence electrons. The molecular formula is C16H27N5O3. The number of amides is 4. The maximum Gasteiger partial charge on any atom is 0.322 e. The Bertz CT molecular complexity index is 530. The average molecular weight is 337 g/mol. The molecule has 1 atom stereocenters. The van der Waals surface area contributed by atoms with Gasteiger partial charge in [-0.15, -0.1) is 0 Å². The van der Waals surface area contributed by atoms with Crippen molar-refractivity contribution in [3.8, 4) is 0 Å². The predicted octanol–water partition coefficient (Wildman–Crippen LogP) is -0.787. The lowest BCUT2D eigenvalue weighted by atomic mass is 9.85. The molecule has 3 saturated heterocycles. The number of urea groups is 1. The molecule has 3 heterocycles. The molecule has 8 nitrogen and oxygen atoms in total. The third-order valence-electron chi connectivity index (χ3n) is 5.72. The Balaban J connectivity index is 1.67. The number of nitrogens with one attached hydrogen (secondary N) is 2. The van der Waals surface area contributed by atoms with Gasteiger partial charge in [-0.25, -0.2) is 4.79 Å². The summed E-state index contributed by atoms with van der Waals surface area (Å²) < 4.78 is 0. The third kappa shape index (κ3) is 3.39. The third-order valence-corrected chi connectivity index (χ3v) is 5.72. The standard InChI is InChI=1S/C16H27N5O3/c1-19-8-4-16(5-9-19)11-21(7-3-6-20(16)2)13(22)10-12-14(23)18-15(24)17-12/h12H,3-11H2,1-2H3,(H2,17,18,23,24)/t12-/m0/s1. The van der Waals surface area contributed by atoms with E-state index >= 15 is 0 Å². The Hall–Kier alpha value is -1.67. The highest BCUT2D eigenvalue weighted by atomic mass is 16.2. The van der Waals surface area contributed by atoms with Crippen LogP contribution in [0.4, 0.5) is 4.79 Å². The minimum atomic E-state index is -0.737. The molecule has 0 unspecified atom stereocenters. The van der Waals surface area contributed by atoms with Gasteiger partial charge in [0, 0.05) is 25.2 Å². The highest BCUT2D eigenvalue weighted by Crippen LogP contribution is 2.31. The Kier molecular flexibility index (Phi) is 4.78. The van der Waals surface area contributed by atoms with Crippen LogP contribution in [-0.4, -0.2) is 90.9 Å². The first-order valence-corrected chi connectivity index (χ1v) is 8.68. The molecular weight excluding hydrogens is 310 g/mol. The lowest BCUT2D eigenvalue weighted by Gasteiger charge is -2.47. The SMILES string of the molecule is CN1CCC2(CC1)CN(C(=O)C[C@@H]1NC(=O)NC1=O)CCCN2C. The maximum atomic E-state index is 12.7. The summed E-state index contributed by atoms with van der Waals surface area (Å²) in [5.74, 6) is -0.458. The monoisotopic (exact) mass is 337 g/mol. The lowest BCUT2D eigenvalue weighted by Crippen LogP contribution is -2.58. The summed E-state index contributed by atoms with van der Waals surface area (Å²) in [4.78, 5) is 42.2. The van der Waals surface area contributed by atoms with Crippen molar-refractivity contribution in [1.29, 1.82) is 0 Å². The van der Waals surface area contributed by atoms with E-state index in [4.69, 9.17) is 0 Å². The van der Waals surface area contributed by atoms with Gasteiger partial charge >= 0.3 is 6.03 Å². The number of carbonyl (C=O) groups is 3. The minimum Gasteiger partial charge on any atom is -0.341 e. The topological polar surface area (TPSA) is 85.0 Å². The van der Waals surface area contributed by atoms with Gasteiger partial charge in [0.1, 0.15) is 6.04 Å². The molecule has 4 amide bonds. The molecule has 0 aliphatic carbocycles. The number of imide groups is 1. The van der Waals surface area contributed by atoms with Crippen LogP contribution in [-0.2, 0) is 9.59 Å². The number of piperidine rings is 1. The summed E-state index contributed by atoms with van der Waals surface area (Å²) in [6.07, 6.45) is 3.06. The van der Waals surface area contributed by atoms with Crippen molar-refractivity contribution >= 4 is 17.8 Å². The molecule has 0 radical (unpaired) electrons. The molecule has 0 aromatic rings. The summed E-state index contributed by atoms with van der Waals surface area (Å²) in [6, 6.07) is -1.25. The summed E-state index contributed by atoms with van der Waals surface area (Å²) in [5.41, 5.74) is 0.0276. The second kappa shape index (κ2) is 6.68. The van der Waals surface area contributed by atoms with Crippen LogP contribution in [0.3, 0.4) is 0 Å². The summed E-state index contributed by atoms with van der Waals surface area (Å²) in [5, 5.41) is 4.69. The van der Waals surface area contributed by atoms with Crippen LogP contribution in [0.5, 0.6) is 0 Å². The van der Waals surface area contributed by atoms with Crippen molar-refractivity contribution < 1.29 is 14.4 Å². The second-order valence-electron chi connectivity index (χ2n) is 7.34. The summed E-state index contributed by atoms with van der Waals surface area (Å²) in [6.45, 7) is 4.47. The van der Waals surface area contributed by atoms with Crippen molar-refractivity contribution in [3.63, 3.8) is 0 Å². The van der Waals surface area contributed by atoms with Crippen LogP contribution < -0.4 is 10.6 Å². The Morgan fingerprint density at radius 3 is 2.50 bits per heavy atom. The number of likely N-dealkylation sites (tertiary alicyclic amines) is 1. The number of likely N-dealkylation sites (N-methyl/N-ethyl adjacent to an activating group) is 1. The molecule has 8 heteroatoms. The van der Waals surface area contributed by atoms with E-state index in [-0.39, 0.29) is 17.9 Å². The van der Waals surface area contributed by atoms with Crippen molar-refractivity contribution in [2.75, 3.05) is 46.8 Å². The molecule has 24 heavy (non-hydrogen) atoms. The molecule has 3 aliphatic rings. The first-order chi connectivity index (χ1) is 11.4. The number of hydrogen-bond donors (Lipinski definition) is 2. The highest BCUT2D eigenvalue weighted by molar-refractivity contribution is 6.05. The summed E-state index contributed by atoms with van der Waals surface area (Å²) in [7, 11) is 4.29. The molecule has 0 aromatic carbocycles. The zero-order chi connectivity index (χ0) is 17.3. The molecule has 3 aliphatic heterocycles. The Labute approximate surface area is 142 Å². The number of hydrogen-bond acceptors (Lipinski definition) is 5. The van der Waals surface area contributed by atoms with E-state index in [1.165, 1.54) is 0 Å². The zero-order valence-corrected chi connectivity index (χ0v) is 14.5. The molecule has 2 N–H and O–H groups in total. The molecule has 0 aromatic heterocycles. The van der Waals surface area contributed by atoms with Crippen LogP contribution in [0.15, 0.2) is 0 Å². The highest BCUT2D eigenvalue weighted by Gasteiger charge is 2.42.